The minimum Gasteiger partial charge on any atom is -0.434 e. The smallest absolute Gasteiger partial charge is 0.387 e. The summed E-state index contributed by atoms with van der Waals surface area (Å²) in [7, 11) is 0. The Balaban J connectivity index is 1.90. The number of para-hydroxylation sites is 1. The number of hydrogen-bond donors (Lipinski definition) is 2. The van der Waals surface area contributed by atoms with Gasteiger partial charge in [-0.05, 0) is 18.6 Å². The average Bonchev–Trinajstić information content (AvgIpc) is 3.09. The van der Waals surface area contributed by atoms with Gasteiger partial charge in [0.2, 0.25) is 0 Å². The fraction of sp³-hybridized carbons (Fsp3) is 0.211. The van der Waals surface area contributed by atoms with E-state index in [9.17, 15) is 23.7 Å². The second-order valence-electron chi connectivity index (χ2n) is 6.04. The number of nitrogens with one attached hydrogen (secondary N) is 2. The molecule has 1 atom stereocenters. The highest BCUT2D eigenvalue weighted by molar-refractivity contribution is 6.07. The summed E-state index contributed by atoms with van der Waals surface area (Å²) in [4.78, 5) is 26.1. The summed E-state index contributed by atoms with van der Waals surface area (Å²) in [5.74, 6) is -0.496. The van der Waals surface area contributed by atoms with E-state index in [-0.39, 0.29) is 17.0 Å². The van der Waals surface area contributed by atoms with Gasteiger partial charge >= 0.3 is 6.61 Å². The van der Waals surface area contributed by atoms with Crippen molar-refractivity contribution in [3.63, 3.8) is 0 Å². The van der Waals surface area contributed by atoms with Gasteiger partial charge in [0.15, 0.2) is 0 Å². The number of aromatic nitrogens is 1. The summed E-state index contributed by atoms with van der Waals surface area (Å²) < 4.78 is 29.9. The Kier molecular flexibility index (Phi) is 5.53. The normalized spacial score (nSPS) is 12.1. The number of nitrogens with zero attached hydrogens (tertiary/aromatic N) is 1. The van der Waals surface area contributed by atoms with E-state index in [1.165, 1.54) is 30.5 Å². The number of carbonyl (C=O) groups is 1. The van der Waals surface area contributed by atoms with Crippen LogP contribution >= 0.6 is 0 Å². The Hall–Kier alpha value is -3.49. The Bertz CT molecular complexity index is 1020. The van der Waals surface area contributed by atoms with Gasteiger partial charge in [-0.1, -0.05) is 25.1 Å². The molecule has 2 aromatic carbocycles. The maximum Gasteiger partial charge on any atom is 0.387 e. The Labute approximate surface area is 158 Å². The lowest BCUT2D eigenvalue weighted by Crippen LogP contribution is -2.28. The molecule has 0 fully saturated rings. The molecule has 1 amide bonds. The van der Waals surface area contributed by atoms with Crippen molar-refractivity contribution in [3.05, 3.63) is 69.9 Å². The number of fused-ring (bicyclic) bond motifs is 1. The third-order valence-corrected chi connectivity index (χ3v) is 4.34. The van der Waals surface area contributed by atoms with Crippen LogP contribution in [0.15, 0.2) is 48.7 Å². The molecule has 9 heteroatoms. The van der Waals surface area contributed by atoms with Crippen LogP contribution in [-0.2, 0) is 0 Å². The first-order valence-electron chi connectivity index (χ1n) is 8.50. The van der Waals surface area contributed by atoms with E-state index in [0.29, 0.717) is 22.9 Å². The van der Waals surface area contributed by atoms with E-state index in [4.69, 9.17) is 0 Å². The molecule has 146 valence electrons. The van der Waals surface area contributed by atoms with Crippen molar-refractivity contribution in [1.82, 2.24) is 10.3 Å². The minimum absolute atomic E-state index is 0.0146. The number of nitro benzene ring substituents is 1. The number of rotatable bonds is 7. The number of ether oxygens (including phenoxy) is 1. The van der Waals surface area contributed by atoms with Crippen molar-refractivity contribution < 1.29 is 23.2 Å². The molecular formula is C19H17F2N3O4. The maximum absolute atomic E-state index is 12.8. The number of non-ortho nitro benzene ring substituents is 1. The molecule has 0 aliphatic carbocycles. The van der Waals surface area contributed by atoms with E-state index >= 15 is 0 Å². The molecule has 7 nitrogen and oxygen atoms in total. The number of halogens is 2. The molecule has 0 aliphatic heterocycles. The maximum atomic E-state index is 12.8. The highest BCUT2D eigenvalue weighted by atomic mass is 19.3. The molecule has 0 bridgehead atoms. The monoisotopic (exact) mass is 389 g/mol. The number of hydrogen-bond acceptors (Lipinski definition) is 4. The summed E-state index contributed by atoms with van der Waals surface area (Å²) >= 11 is 0. The molecule has 1 unspecified atom stereocenters. The first kappa shape index (κ1) is 19.3. The second kappa shape index (κ2) is 8.03. The van der Waals surface area contributed by atoms with Gasteiger partial charge in [0, 0.05) is 34.8 Å². The van der Waals surface area contributed by atoms with Gasteiger partial charge in [0.25, 0.3) is 11.6 Å². The lowest BCUT2D eigenvalue weighted by atomic mass is 10.0. The lowest BCUT2D eigenvalue weighted by molar-refractivity contribution is -0.384. The summed E-state index contributed by atoms with van der Waals surface area (Å²) in [5.41, 5.74) is 1.09. The summed E-state index contributed by atoms with van der Waals surface area (Å²) in [5, 5.41) is 14.2. The topological polar surface area (TPSA) is 97.3 Å². The van der Waals surface area contributed by atoms with Crippen LogP contribution in [0, 0.1) is 10.1 Å². The summed E-state index contributed by atoms with van der Waals surface area (Å²) in [6.45, 7) is -1.19. The van der Waals surface area contributed by atoms with Crippen LogP contribution < -0.4 is 10.1 Å². The first-order chi connectivity index (χ1) is 13.4. The van der Waals surface area contributed by atoms with E-state index in [1.54, 1.807) is 25.1 Å². The molecule has 1 heterocycles. The zero-order valence-corrected chi connectivity index (χ0v) is 14.8. The van der Waals surface area contributed by atoms with Crippen molar-refractivity contribution in [2.24, 2.45) is 0 Å². The molecule has 1 aromatic heterocycles. The van der Waals surface area contributed by atoms with E-state index in [0.717, 1.165) is 0 Å². The number of carbonyl (C=O) groups excluding carboxylic acids is 1. The quantitative estimate of drug-likeness (QED) is 0.457. The molecule has 0 aliphatic rings. The van der Waals surface area contributed by atoms with E-state index in [2.05, 4.69) is 15.0 Å². The molecule has 2 N–H and O–H groups in total. The summed E-state index contributed by atoms with van der Waals surface area (Å²) in [6, 6.07) is 9.84. The molecule has 0 saturated carbocycles. The van der Waals surface area contributed by atoms with Crippen molar-refractivity contribution in [3.8, 4) is 5.75 Å². The predicted molar refractivity (Wildman–Crippen MR) is 98.5 cm³/mol. The van der Waals surface area contributed by atoms with Gasteiger partial charge in [-0.25, -0.2) is 0 Å². The molecule has 3 aromatic rings. The molecule has 0 radical (unpaired) electrons. The summed E-state index contributed by atoms with van der Waals surface area (Å²) in [6.07, 6.45) is 1.88. The van der Waals surface area contributed by atoms with Gasteiger partial charge in [-0.3, -0.25) is 14.9 Å². The largest absolute Gasteiger partial charge is 0.434 e. The van der Waals surface area contributed by atoms with Crippen LogP contribution in [0.2, 0.25) is 0 Å². The highest BCUT2D eigenvalue weighted by Gasteiger charge is 2.21. The van der Waals surface area contributed by atoms with E-state index < -0.39 is 23.5 Å². The highest BCUT2D eigenvalue weighted by Crippen LogP contribution is 2.30. The molecule has 0 spiro atoms. The fourth-order valence-corrected chi connectivity index (χ4v) is 3.02. The Morgan fingerprint density at radius 3 is 2.71 bits per heavy atom. The van der Waals surface area contributed by atoms with Crippen LogP contribution in [0.3, 0.4) is 0 Å². The zero-order valence-electron chi connectivity index (χ0n) is 14.8. The van der Waals surface area contributed by atoms with Crippen LogP contribution in [0.25, 0.3) is 10.9 Å². The fourth-order valence-electron chi connectivity index (χ4n) is 3.02. The molecule has 3 rings (SSSR count). The van der Waals surface area contributed by atoms with Crippen LogP contribution in [0.1, 0.15) is 35.3 Å². The van der Waals surface area contributed by atoms with Crippen LogP contribution in [0.4, 0.5) is 14.5 Å². The SMILES string of the molecule is CCC(NC(=O)c1c[nH]c2ccc([N+](=O)[O-])cc12)c1ccccc1OC(F)F. The van der Waals surface area contributed by atoms with Crippen LogP contribution in [-0.4, -0.2) is 22.4 Å². The van der Waals surface area contributed by atoms with Crippen molar-refractivity contribution in [2.75, 3.05) is 0 Å². The predicted octanol–water partition coefficient (Wildman–Crippen LogP) is 4.56. The van der Waals surface area contributed by atoms with Gasteiger partial charge < -0.3 is 15.0 Å². The zero-order chi connectivity index (χ0) is 20.3. The Morgan fingerprint density at radius 1 is 1.29 bits per heavy atom. The average molecular weight is 389 g/mol. The van der Waals surface area contributed by atoms with Crippen molar-refractivity contribution in [1.29, 1.82) is 0 Å². The number of aromatic amines is 1. The third-order valence-electron chi connectivity index (χ3n) is 4.34. The standard InChI is InChI=1S/C19H17F2N3O4/c1-2-15(12-5-3-4-6-17(12)28-19(20)21)23-18(25)14-10-22-16-8-7-11(24(26)27)9-13(14)16/h3-10,15,19,22H,2H2,1H3,(H,23,25). The van der Waals surface area contributed by atoms with Gasteiger partial charge in [-0.15, -0.1) is 0 Å². The lowest BCUT2D eigenvalue weighted by Gasteiger charge is -2.20. The third kappa shape index (κ3) is 3.93. The van der Waals surface area contributed by atoms with Gasteiger partial charge in [0.05, 0.1) is 16.5 Å². The molecule has 0 saturated heterocycles. The van der Waals surface area contributed by atoms with Crippen molar-refractivity contribution >= 4 is 22.5 Å². The number of nitro groups is 1. The van der Waals surface area contributed by atoms with Gasteiger partial charge in [-0.2, -0.15) is 8.78 Å². The van der Waals surface area contributed by atoms with E-state index in [1.807, 2.05) is 0 Å². The minimum atomic E-state index is -2.98. The molecular weight excluding hydrogens is 372 g/mol. The second-order valence-corrected chi connectivity index (χ2v) is 6.04. The first-order valence-corrected chi connectivity index (χ1v) is 8.50. The molecule has 28 heavy (non-hydrogen) atoms. The van der Waals surface area contributed by atoms with Crippen LogP contribution in [0.5, 0.6) is 5.75 Å². The Morgan fingerprint density at radius 2 is 2.04 bits per heavy atom. The number of H-pyrrole nitrogens is 1. The number of amides is 1. The van der Waals surface area contributed by atoms with Crippen molar-refractivity contribution in [2.45, 2.75) is 26.0 Å². The number of alkyl halides is 2. The number of benzene rings is 2. The van der Waals surface area contributed by atoms with Gasteiger partial charge in [0.1, 0.15) is 5.75 Å².